The fourth-order valence-corrected chi connectivity index (χ4v) is 5.23. The SMILES string of the molecule is COc1cc2c(cc1Br)OCCCCOc1cc(Br)c(OC)cc1C(Br)C2Br. The van der Waals surface area contributed by atoms with Crippen LogP contribution in [-0.2, 0) is 0 Å². The summed E-state index contributed by atoms with van der Waals surface area (Å²) in [6.45, 7) is 1.25. The molecule has 0 fully saturated rings. The van der Waals surface area contributed by atoms with E-state index in [-0.39, 0.29) is 9.65 Å². The molecule has 2 unspecified atom stereocenters. The predicted octanol–water partition coefficient (Wildman–Crippen LogP) is 7.35. The lowest BCUT2D eigenvalue weighted by Gasteiger charge is -2.25. The number of alkyl halides is 2. The van der Waals surface area contributed by atoms with Gasteiger partial charge >= 0.3 is 0 Å². The van der Waals surface area contributed by atoms with E-state index in [4.69, 9.17) is 18.9 Å². The Hall–Kier alpha value is -0.440. The van der Waals surface area contributed by atoms with Crippen molar-refractivity contribution in [2.45, 2.75) is 22.5 Å². The van der Waals surface area contributed by atoms with Crippen molar-refractivity contribution in [2.24, 2.45) is 0 Å². The molecule has 28 heavy (non-hydrogen) atoms. The Morgan fingerprint density at radius 3 is 1.50 bits per heavy atom. The zero-order chi connectivity index (χ0) is 20.3. The van der Waals surface area contributed by atoms with Crippen LogP contribution in [0.3, 0.4) is 0 Å². The van der Waals surface area contributed by atoms with Gasteiger partial charge in [0.05, 0.1) is 46.0 Å². The summed E-state index contributed by atoms with van der Waals surface area (Å²) < 4.78 is 24.9. The van der Waals surface area contributed by atoms with Crippen molar-refractivity contribution in [3.63, 3.8) is 0 Å². The molecule has 8 heteroatoms. The average Bonchev–Trinajstić information content (AvgIpc) is 2.69. The Balaban J connectivity index is 2.11. The van der Waals surface area contributed by atoms with Crippen LogP contribution in [0.5, 0.6) is 23.0 Å². The van der Waals surface area contributed by atoms with Gasteiger partial charge in [-0.3, -0.25) is 0 Å². The van der Waals surface area contributed by atoms with Crippen molar-refractivity contribution in [3.05, 3.63) is 44.3 Å². The summed E-state index contributed by atoms with van der Waals surface area (Å²) in [5, 5.41) is 0. The standard InChI is InChI=1S/C20H20Br4O4/c1-25-17-7-11-15(9-13(17)21)27-5-3-4-6-28-16-10-14(22)18(26-2)8-12(16)20(24)19(11)23/h7-10,19-20H,3-6H2,1-2H3. The molecular formula is C20H20Br4O4. The second-order valence-corrected chi connectivity index (χ2v) is 9.94. The molecule has 1 aliphatic heterocycles. The van der Waals surface area contributed by atoms with Crippen molar-refractivity contribution < 1.29 is 18.9 Å². The normalized spacial score (nSPS) is 19.8. The molecule has 2 aromatic rings. The molecule has 3 rings (SSSR count). The molecule has 0 saturated carbocycles. The predicted molar refractivity (Wildman–Crippen MR) is 125 cm³/mol. The molecule has 0 aromatic heterocycles. The highest BCUT2D eigenvalue weighted by Gasteiger charge is 2.28. The number of hydrogen-bond acceptors (Lipinski definition) is 4. The van der Waals surface area contributed by atoms with Gasteiger partial charge in [0.15, 0.2) is 0 Å². The Labute approximate surface area is 198 Å². The second-order valence-electron chi connectivity index (χ2n) is 6.26. The highest BCUT2D eigenvalue weighted by atomic mass is 79.9. The zero-order valence-corrected chi connectivity index (χ0v) is 21.8. The van der Waals surface area contributed by atoms with Gasteiger partial charge in [0.25, 0.3) is 0 Å². The number of methoxy groups -OCH3 is 2. The molecule has 4 nitrogen and oxygen atoms in total. The molecule has 152 valence electrons. The number of halogens is 4. The lowest BCUT2D eigenvalue weighted by Crippen LogP contribution is -2.10. The first-order chi connectivity index (χ1) is 13.5. The molecule has 1 aliphatic rings. The lowest BCUT2D eigenvalue weighted by molar-refractivity contribution is 0.261. The maximum Gasteiger partial charge on any atom is 0.133 e. The van der Waals surface area contributed by atoms with Crippen molar-refractivity contribution >= 4 is 63.7 Å². The molecule has 2 aromatic carbocycles. The van der Waals surface area contributed by atoms with E-state index >= 15 is 0 Å². The van der Waals surface area contributed by atoms with E-state index in [1.54, 1.807) is 14.2 Å². The van der Waals surface area contributed by atoms with E-state index < -0.39 is 0 Å². The Morgan fingerprint density at radius 1 is 0.750 bits per heavy atom. The van der Waals surface area contributed by atoms with Gasteiger partial charge < -0.3 is 18.9 Å². The molecule has 0 amide bonds. The minimum Gasteiger partial charge on any atom is -0.496 e. The largest absolute Gasteiger partial charge is 0.496 e. The van der Waals surface area contributed by atoms with Crippen LogP contribution in [0, 0.1) is 0 Å². The fraction of sp³-hybridized carbons (Fsp3) is 0.400. The van der Waals surface area contributed by atoms with E-state index in [1.807, 2.05) is 24.3 Å². The fourth-order valence-electron chi connectivity index (χ4n) is 2.98. The maximum atomic E-state index is 6.09. The topological polar surface area (TPSA) is 36.9 Å². The van der Waals surface area contributed by atoms with Crippen molar-refractivity contribution in [1.29, 1.82) is 0 Å². The van der Waals surface area contributed by atoms with E-state index in [0.29, 0.717) is 13.2 Å². The van der Waals surface area contributed by atoms with Crippen LogP contribution < -0.4 is 18.9 Å². The highest BCUT2D eigenvalue weighted by Crippen LogP contribution is 2.51. The number of rotatable bonds is 2. The van der Waals surface area contributed by atoms with Crippen molar-refractivity contribution in [2.75, 3.05) is 27.4 Å². The third-order valence-electron chi connectivity index (χ3n) is 4.47. The maximum absolute atomic E-state index is 6.09. The molecule has 0 aliphatic carbocycles. The Kier molecular flexibility index (Phi) is 7.98. The van der Waals surface area contributed by atoms with Gasteiger partial charge in [0.1, 0.15) is 23.0 Å². The Bertz CT molecular complexity index is 774. The third-order valence-corrected chi connectivity index (χ3v) is 8.47. The Morgan fingerprint density at radius 2 is 1.14 bits per heavy atom. The van der Waals surface area contributed by atoms with Gasteiger partial charge in [0.2, 0.25) is 0 Å². The summed E-state index contributed by atoms with van der Waals surface area (Å²) in [5.41, 5.74) is 1.99. The molecule has 1 heterocycles. The number of benzene rings is 2. The number of ether oxygens (including phenoxy) is 4. The molecule has 0 saturated heterocycles. The molecule has 0 N–H and O–H groups in total. The van der Waals surface area contributed by atoms with Gasteiger partial charge in [-0.05, 0) is 69.0 Å². The smallest absolute Gasteiger partial charge is 0.133 e. The minimum absolute atomic E-state index is 0.0860. The second kappa shape index (κ2) is 10.0. The van der Waals surface area contributed by atoms with E-state index in [9.17, 15) is 0 Å². The van der Waals surface area contributed by atoms with Crippen molar-refractivity contribution in [3.8, 4) is 23.0 Å². The third kappa shape index (κ3) is 4.82. The molecule has 2 atom stereocenters. The summed E-state index contributed by atoms with van der Waals surface area (Å²) in [6.07, 6.45) is 1.81. The van der Waals surface area contributed by atoms with Crippen LogP contribution >= 0.6 is 63.7 Å². The minimum atomic E-state index is -0.0860. The molecular weight excluding hydrogens is 624 g/mol. The van der Waals surface area contributed by atoms with Crippen LogP contribution in [0.4, 0.5) is 0 Å². The molecule has 0 spiro atoms. The van der Waals surface area contributed by atoms with Crippen molar-refractivity contribution in [1.82, 2.24) is 0 Å². The molecule has 0 radical (unpaired) electrons. The monoisotopic (exact) mass is 640 g/mol. The van der Waals surface area contributed by atoms with Crippen LogP contribution in [0.25, 0.3) is 0 Å². The van der Waals surface area contributed by atoms with Crippen LogP contribution in [0.1, 0.15) is 33.6 Å². The average molecular weight is 644 g/mol. The van der Waals surface area contributed by atoms with Crippen LogP contribution in [0.15, 0.2) is 33.2 Å². The summed E-state index contributed by atoms with van der Waals surface area (Å²) in [7, 11) is 3.31. The molecule has 0 bridgehead atoms. The summed E-state index contributed by atoms with van der Waals surface area (Å²) in [5.74, 6) is 3.16. The van der Waals surface area contributed by atoms with Gasteiger partial charge in [-0.2, -0.15) is 0 Å². The summed E-state index contributed by atoms with van der Waals surface area (Å²) >= 11 is 14.8. The first-order valence-corrected chi connectivity index (χ1v) is 12.2. The van der Waals surface area contributed by atoms with Gasteiger partial charge in [0, 0.05) is 11.1 Å². The number of hydrogen-bond donors (Lipinski definition) is 0. The summed E-state index contributed by atoms with van der Waals surface area (Å²) in [4.78, 5) is -0.172. The van der Waals surface area contributed by atoms with Gasteiger partial charge in [-0.1, -0.05) is 31.9 Å². The van der Waals surface area contributed by atoms with Gasteiger partial charge in [-0.25, -0.2) is 0 Å². The quantitative estimate of drug-likeness (QED) is 0.321. The first kappa shape index (κ1) is 22.2. The van der Waals surface area contributed by atoms with Crippen LogP contribution in [0.2, 0.25) is 0 Å². The van der Waals surface area contributed by atoms with Gasteiger partial charge in [-0.15, -0.1) is 0 Å². The summed E-state index contributed by atoms with van der Waals surface area (Å²) in [6, 6.07) is 7.92. The first-order valence-electron chi connectivity index (χ1n) is 8.74. The highest BCUT2D eigenvalue weighted by molar-refractivity contribution is 9.12. The number of fused-ring (bicyclic) bond motifs is 2. The lowest BCUT2D eigenvalue weighted by atomic mass is 10.0. The van der Waals surface area contributed by atoms with E-state index in [1.165, 1.54) is 0 Å². The van der Waals surface area contributed by atoms with Crippen LogP contribution in [-0.4, -0.2) is 27.4 Å². The van der Waals surface area contributed by atoms with E-state index in [0.717, 1.165) is 55.9 Å². The zero-order valence-electron chi connectivity index (χ0n) is 15.4. The van der Waals surface area contributed by atoms with E-state index in [2.05, 4.69) is 63.7 Å².